The van der Waals surface area contributed by atoms with Gasteiger partial charge in [0, 0.05) is 6.42 Å². The SMILES string of the molecule is CC(=O)C(C1CC1=O)S(=O)(=O)O. The molecule has 2 unspecified atom stereocenters. The van der Waals surface area contributed by atoms with E-state index >= 15 is 0 Å². The lowest BCUT2D eigenvalue weighted by atomic mass is 10.2. The van der Waals surface area contributed by atoms with Crippen molar-refractivity contribution in [1.29, 1.82) is 0 Å². The first-order valence-electron chi connectivity index (χ1n) is 3.33. The maximum atomic E-state index is 10.7. The van der Waals surface area contributed by atoms with Crippen molar-refractivity contribution in [3.8, 4) is 0 Å². The number of hydrogen-bond donors (Lipinski definition) is 1. The highest BCUT2D eigenvalue weighted by molar-refractivity contribution is 7.87. The topological polar surface area (TPSA) is 88.5 Å². The zero-order valence-electron chi connectivity index (χ0n) is 6.35. The van der Waals surface area contributed by atoms with Gasteiger partial charge in [-0.1, -0.05) is 0 Å². The van der Waals surface area contributed by atoms with E-state index in [-0.39, 0.29) is 12.2 Å². The summed E-state index contributed by atoms with van der Waals surface area (Å²) in [4.78, 5) is 21.3. The molecule has 1 rings (SSSR count). The molecule has 1 aliphatic rings. The summed E-state index contributed by atoms with van der Waals surface area (Å²) in [5, 5.41) is -1.54. The molecular formula is C6H8O5S. The Labute approximate surface area is 69.5 Å². The van der Waals surface area contributed by atoms with Crippen molar-refractivity contribution in [2.75, 3.05) is 0 Å². The molecule has 0 aliphatic heterocycles. The van der Waals surface area contributed by atoms with E-state index in [1.807, 2.05) is 0 Å². The number of carbonyl (C=O) groups is 2. The zero-order chi connectivity index (χ0) is 9.52. The molecule has 0 spiro atoms. The Hall–Kier alpha value is -0.750. The van der Waals surface area contributed by atoms with Crippen LogP contribution in [0.15, 0.2) is 0 Å². The Bertz CT molecular complexity index is 328. The first kappa shape index (κ1) is 9.34. The van der Waals surface area contributed by atoms with E-state index in [9.17, 15) is 18.0 Å². The van der Waals surface area contributed by atoms with Gasteiger partial charge in [0.2, 0.25) is 0 Å². The normalized spacial score (nSPS) is 25.2. The van der Waals surface area contributed by atoms with Gasteiger partial charge in [-0.2, -0.15) is 8.42 Å². The Kier molecular flexibility index (Phi) is 2.05. The van der Waals surface area contributed by atoms with E-state index in [0.29, 0.717) is 0 Å². The molecule has 0 bridgehead atoms. The van der Waals surface area contributed by atoms with Crippen LogP contribution in [-0.4, -0.2) is 29.8 Å². The maximum Gasteiger partial charge on any atom is 0.275 e. The minimum atomic E-state index is -4.40. The second-order valence-electron chi connectivity index (χ2n) is 2.82. The number of rotatable bonds is 3. The van der Waals surface area contributed by atoms with Crippen LogP contribution in [0.1, 0.15) is 13.3 Å². The van der Waals surface area contributed by atoms with Crippen LogP contribution >= 0.6 is 0 Å². The molecule has 0 radical (unpaired) electrons. The van der Waals surface area contributed by atoms with Gasteiger partial charge >= 0.3 is 0 Å². The molecule has 0 aromatic carbocycles. The fourth-order valence-electron chi connectivity index (χ4n) is 1.13. The first-order valence-corrected chi connectivity index (χ1v) is 4.84. The van der Waals surface area contributed by atoms with Crippen LogP contribution in [0.5, 0.6) is 0 Å². The molecule has 1 saturated carbocycles. The van der Waals surface area contributed by atoms with Crippen LogP contribution in [0.2, 0.25) is 0 Å². The molecule has 0 amide bonds. The van der Waals surface area contributed by atoms with Crippen LogP contribution in [0.3, 0.4) is 0 Å². The van der Waals surface area contributed by atoms with E-state index in [1.54, 1.807) is 0 Å². The molecule has 6 heteroatoms. The average Bonchev–Trinajstić information content (AvgIpc) is 2.41. The molecule has 2 atom stereocenters. The number of hydrogen-bond acceptors (Lipinski definition) is 4. The summed E-state index contributed by atoms with van der Waals surface area (Å²) < 4.78 is 29.7. The van der Waals surface area contributed by atoms with Gasteiger partial charge < -0.3 is 0 Å². The van der Waals surface area contributed by atoms with Crippen LogP contribution < -0.4 is 0 Å². The largest absolute Gasteiger partial charge is 0.299 e. The van der Waals surface area contributed by atoms with Crippen molar-refractivity contribution >= 4 is 21.7 Å². The molecular weight excluding hydrogens is 184 g/mol. The van der Waals surface area contributed by atoms with Crippen LogP contribution in [-0.2, 0) is 19.7 Å². The average molecular weight is 192 g/mol. The smallest absolute Gasteiger partial charge is 0.275 e. The quantitative estimate of drug-likeness (QED) is 0.604. The molecule has 1 fully saturated rings. The Morgan fingerprint density at radius 2 is 2.08 bits per heavy atom. The van der Waals surface area contributed by atoms with Crippen molar-refractivity contribution in [3.63, 3.8) is 0 Å². The second-order valence-corrected chi connectivity index (χ2v) is 4.36. The minimum absolute atomic E-state index is 0.0734. The van der Waals surface area contributed by atoms with Gasteiger partial charge in [0.1, 0.15) is 5.78 Å². The fourth-order valence-corrected chi connectivity index (χ4v) is 2.22. The van der Waals surface area contributed by atoms with Crippen molar-refractivity contribution in [1.82, 2.24) is 0 Å². The number of Topliss-reactive ketones (excluding diaryl/α,β-unsaturated/α-hetero) is 2. The third-order valence-electron chi connectivity index (χ3n) is 1.76. The van der Waals surface area contributed by atoms with Crippen molar-refractivity contribution in [3.05, 3.63) is 0 Å². The first-order chi connectivity index (χ1) is 5.34. The van der Waals surface area contributed by atoms with Crippen LogP contribution in [0, 0.1) is 5.92 Å². The van der Waals surface area contributed by atoms with Gasteiger partial charge in [0.25, 0.3) is 10.1 Å². The molecule has 1 N–H and O–H groups in total. The Balaban J connectivity index is 2.91. The molecule has 0 heterocycles. The van der Waals surface area contributed by atoms with E-state index in [1.165, 1.54) is 0 Å². The van der Waals surface area contributed by atoms with Gasteiger partial charge in [-0.3, -0.25) is 14.1 Å². The third kappa shape index (κ3) is 1.70. The van der Waals surface area contributed by atoms with Crippen molar-refractivity contribution in [2.45, 2.75) is 18.6 Å². The Morgan fingerprint density at radius 3 is 2.17 bits per heavy atom. The van der Waals surface area contributed by atoms with Gasteiger partial charge in [0.15, 0.2) is 11.0 Å². The van der Waals surface area contributed by atoms with Gasteiger partial charge in [-0.15, -0.1) is 0 Å². The molecule has 0 aromatic rings. The maximum absolute atomic E-state index is 10.7. The van der Waals surface area contributed by atoms with Gasteiger partial charge in [-0.05, 0) is 6.92 Å². The summed E-state index contributed by atoms with van der Waals surface area (Å²) in [6, 6.07) is 0. The van der Waals surface area contributed by atoms with Crippen LogP contribution in [0.4, 0.5) is 0 Å². The highest BCUT2D eigenvalue weighted by Crippen LogP contribution is 2.32. The lowest BCUT2D eigenvalue weighted by molar-refractivity contribution is -0.119. The zero-order valence-corrected chi connectivity index (χ0v) is 7.17. The van der Waals surface area contributed by atoms with Crippen LogP contribution in [0.25, 0.3) is 0 Å². The predicted molar refractivity (Wildman–Crippen MR) is 39.1 cm³/mol. The van der Waals surface area contributed by atoms with E-state index in [0.717, 1.165) is 6.92 Å². The summed E-state index contributed by atoms with van der Waals surface area (Å²) in [7, 11) is -4.40. The van der Waals surface area contributed by atoms with E-state index in [2.05, 4.69) is 0 Å². The molecule has 0 aromatic heterocycles. The third-order valence-corrected chi connectivity index (χ3v) is 3.06. The molecule has 12 heavy (non-hydrogen) atoms. The van der Waals surface area contributed by atoms with E-state index < -0.39 is 27.1 Å². The summed E-state index contributed by atoms with van der Waals surface area (Å²) in [5.41, 5.74) is 0. The molecule has 1 aliphatic carbocycles. The van der Waals surface area contributed by atoms with Crippen molar-refractivity contribution < 1.29 is 22.6 Å². The number of carbonyl (C=O) groups excluding carboxylic acids is 2. The molecule has 0 saturated heterocycles. The van der Waals surface area contributed by atoms with Gasteiger partial charge in [-0.25, -0.2) is 0 Å². The monoisotopic (exact) mass is 192 g/mol. The summed E-state index contributed by atoms with van der Waals surface area (Å²) in [6.07, 6.45) is 0.0734. The Morgan fingerprint density at radius 1 is 1.67 bits per heavy atom. The second kappa shape index (κ2) is 2.63. The standard InChI is InChI=1S/C6H8O5S/c1-3(7)6(12(9,10)11)4-2-5(4)8/h4,6H,2H2,1H3,(H,9,10,11). The van der Waals surface area contributed by atoms with E-state index in [4.69, 9.17) is 4.55 Å². The fraction of sp³-hybridized carbons (Fsp3) is 0.667. The molecule has 5 nitrogen and oxygen atoms in total. The molecule has 68 valence electrons. The predicted octanol–water partition coefficient (Wildman–Crippen LogP) is -0.579. The number of ketones is 2. The van der Waals surface area contributed by atoms with Crippen molar-refractivity contribution in [2.24, 2.45) is 5.92 Å². The lowest BCUT2D eigenvalue weighted by Gasteiger charge is -2.05. The minimum Gasteiger partial charge on any atom is -0.299 e. The summed E-state index contributed by atoms with van der Waals surface area (Å²) >= 11 is 0. The summed E-state index contributed by atoms with van der Waals surface area (Å²) in [5.74, 6) is -1.78. The highest BCUT2D eigenvalue weighted by atomic mass is 32.2. The highest BCUT2D eigenvalue weighted by Gasteiger charge is 2.49. The lowest BCUT2D eigenvalue weighted by Crippen LogP contribution is -2.30. The summed E-state index contributed by atoms with van der Waals surface area (Å²) in [6.45, 7) is 1.05. The van der Waals surface area contributed by atoms with Gasteiger partial charge in [0.05, 0.1) is 5.92 Å².